The lowest BCUT2D eigenvalue weighted by molar-refractivity contribution is -0.119. The largest absolute Gasteiger partial charge is 0.478 e. The quantitative estimate of drug-likeness (QED) is 0.791. The molecule has 104 valence electrons. The first-order chi connectivity index (χ1) is 9.61. The second kappa shape index (κ2) is 6.06. The first kappa shape index (κ1) is 13.9. The molecule has 1 aliphatic rings. The lowest BCUT2D eigenvalue weighted by Crippen LogP contribution is -2.40. The maximum Gasteiger partial charge on any atom is 0.335 e. The summed E-state index contributed by atoms with van der Waals surface area (Å²) in [5.74, 6) is -1.15. The molecule has 0 aliphatic carbocycles. The van der Waals surface area contributed by atoms with Crippen LogP contribution in [0.1, 0.15) is 22.3 Å². The van der Waals surface area contributed by atoms with Gasteiger partial charge in [0.15, 0.2) is 0 Å². The molecule has 6 heteroatoms. The fraction of sp³-hybridized carbons (Fsp3) is 0.357. The van der Waals surface area contributed by atoms with Crippen LogP contribution < -0.4 is 10.2 Å². The number of benzene rings is 1. The van der Waals surface area contributed by atoms with E-state index in [0.717, 1.165) is 30.6 Å². The maximum atomic E-state index is 11.7. The Labute approximate surface area is 116 Å². The number of hydrogen-bond acceptors (Lipinski definition) is 4. The Morgan fingerprint density at radius 2 is 2.25 bits per heavy atom. The van der Waals surface area contributed by atoms with E-state index in [0.29, 0.717) is 0 Å². The van der Waals surface area contributed by atoms with Crippen molar-refractivity contribution in [2.24, 2.45) is 0 Å². The number of carbonyl (C=O) groups is 2. The van der Waals surface area contributed by atoms with Crippen molar-refractivity contribution in [3.8, 4) is 6.07 Å². The number of carboxylic acids is 1. The van der Waals surface area contributed by atoms with Gasteiger partial charge in [0, 0.05) is 12.2 Å². The molecule has 1 aromatic rings. The van der Waals surface area contributed by atoms with Gasteiger partial charge < -0.3 is 15.3 Å². The summed E-state index contributed by atoms with van der Waals surface area (Å²) in [4.78, 5) is 24.5. The molecule has 2 rings (SSSR count). The van der Waals surface area contributed by atoms with Gasteiger partial charge in [0.2, 0.25) is 5.91 Å². The summed E-state index contributed by atoms with van der Waals surface area (Å²) in [5.41, 5.74) is 2.11. The van der Waals surface area contributed by atoms with Crippen LogP contribution in [-0.2, 0) is 11.2 Å². The second-order valence-corrected chi connectivity index (χ2v) is 4.61. The molecule has 0 spiro atoms. The van der Waals surface area contributed by atoms with Gasteiger partial charge in [0.1, 0.15) is 6.54 Å². The summed E-state index contributed by atoms with van der Waals surface area (Å²) in [6, 6.07) is 6.82. The van der Waals surface area contributed by atoms with Crippen molar-refractivity contribution in [1.29, 1.82) is 5.26 Å². The second-order valence-electron chi connectivity index (χ2n) is 4.61. The third-order valence-electron chi connectivity index (χ3n) is 3.24. The van der Waals surface area contributed by atoms with Crippen molar-refractivity contribution in [3.63, 3.8) is 0 Å². The minimum atomic E-state index is -0.948. The number of anilines is 1. The van der Waals surface area contributed by atoms with Gasteiger partial charge in [-0.25, -0.2) is 4.79 Å². The third-order valence-corrected chi connectivity index (χ3v) is 3.24. The molecule has 1 aliphatic heterocycles. The normalized spacial score (nSPS) is 13.2. The summed E-state index contributed by atoms with van der Waals surface area (Å²) in [7, 11) is 0. The average Bonchev–Trinajstić information content (AvgIpc) is 2.44. The number of aryl methyl sites for hydroxylation is 1. The molecule has 0 saturated heterocycles. The highest BCUT2D eigenvalue weighted by Gasteiger charge is 2.20. The number of aromatic carboxylic acids is 1. The zero-order valence-corrected chi connectivity index (χ0v) is 10.9. The van der Waals surface area contributed by atoms with Crippen LogP contribution in [-0.4, -0.2) is 36.6 Å². The highest BCUT2D eigenvalue weighted by molar-refractivity contribution is 5.89. The van der Waals surface area contributed by atoms with Gasteiger partial charge in [-0.3, -0.25) is 4.79 Å². The minimum Gasteiger partial charge on any atom is -0.478 e. The fourth-order valence-electron chi connectivity index (χ4n) is 2.34. The van der Waals surface area contributed by atoms with Gasteiger partial charge >= 0.3 is 5.97 Å². The highest BCUT2D eigenvalue weighted by atomic mass is 16.4. The minimum absolute atomic E-state index is 0.00250. The molecule has 0 bridgehead atoms. The van der Waals surface area contributed by atoms with Crippen LogP contribution in [0.3, 0.4) is 0 Å². The van der Waals surface area contributed by atoms with Gasteiger partial charge in [-0.05, 0) is 36.6 Å². The Bertz CT molecular complexity index is 578. The fourth-order valence-corrected chi connectivity index (χ4v) is 2.34. The Morgan fingerprint density at radius 3 is 2.95 bits per heavy atom. The summed E-state index contributed by atoms with van der Waals surface area (Å²) in [5, 5.41) is 19.9. The van der Waals surface area contributed by atoms with E-state index >= 15 is 0 Å². The van der Waals surface area contributed by atoms with Crippen molar-refractivity contribution < 1.29 is 14.7 Å². The number of hydrogen-bond donors (Lipinski definition) is 2. The van der Waals surface area contributed by atoms with E-state index < -0.39 is 5.97 Å². The van der Waals surface area contributed by atoms with Crippen molar-refractivity contribution in [3.05, 3.63) is 29.3 Å². The number of fused-ring (bicyclic) bond motifs is 1. The number of nitrogens with one attached hydrogen (secondary N) is 1. The van der Waals surface area contributed by atoms with E-state index in [9.17, 15) is 9.59 Å². The van der Waals surface area contributed by atoms with Crippen LogP contribution in [0.4, 0.5) is 5.69 Å². The van der Waals surface area contributed by atoms with E-state index in [2.05, 4.69) is 5.32 Å². The van der Waals surface area contributed by atoms with Gasteiger partial charge in [-0.2, -0.15) is 5.26 Å². The Morgan fingerprint density at radius 1 is 1.45 bits per heavy atom. The number of carboxylic acid groups (broad SMARTS) is 1. The first-order valence-electron chi connectivity index (χ1n) is 6.36. The first-order valence-corrected chi connectivity index (χ1v) is 6.36. The van der Waals surface area contributed by atoms with Crippen LogP contribution in [0.25, 0.3) is 0 Å². The van der Waals surface area contributed by atoms with E-state index in [1.54, 1.807) is 18.2 Å². The van der Waals surface area contributed by atoms with E-state index in [-0.39, 0.29) is 24.6 Å². The standard InChI is InChI=1S/C14H15N3O3/c15-5-6-16-13(18)9-17-7-1-2-10-8-11(14(19)20)3-4-12(10)17/h3-4,8H,1-2,6-7,9H2,(H,16,18)(H,19,20). The van der Waals surface area contributed by atoms with E-state index in [1.807, 2.05) is 11.0 Å². The SMILES string of the molecule is N#CCNC(=O)CN1CCCc2cc(C(=O)O)ccc21. The van der Waals surface area contributed by atoms with Crippen LogP contribution in [0.15, 0.2) is 18.2 Å². The predicted octanol–water partition coefficient (Wildman–Crippen LogP) is 0.777. The van der Waals surface area contributed by atoms with Crippen LogP contribution in [0.5, 0.6) is 0 Å². The zero-order valence-electron chi connectivity index (χ0n) is 10.9. The molecule has 0 aromatic heterocycles. The molecule has 0 saturated carbocycles. The molecular formula is C14H15N3O3. The Hall–Kier alpha value is -2.55. The predicted molar refractivity (Wildman–Crippen MR) is 72.6 cm³/mol. The summed E-state index contributed by atoms with van der Waals surface area (Å²) in [6.07, 6.45) is 1.69. The molecule has 0 unspecified atom stereocenters. The zero-order chi connectivity index (χ0) is 14.5. The third kappa shape index (κ3) is 3.06. The summed E-state index contributed by atoms with van der Waals surface area (Å²) >= 11 is 0. The molecule has 1 aromatic carbocycles. The number of rotatable bonds is 4. The van der Waals surface area contributed by atoms with Crippen LogP contribution in [0, 0.1) is 11.3 Å². The molecule has 20 heavy (non-hydrogen) atoms. The highest BCUT2D eigenvalue weighted by Crippen LogP contribution is 2.27. The van der Waals surface area contributed by atoms with Crippen molar-refractivity contribution in [2.75, 3.05) is 24.5 Å². The van der Waals surface area contributed by atoms with Gasteiger partial charge in [0.05, 0.1) is 18.2 Å². The van der Waals surface area contributed by atoms with E-state index in [4.69, 9.17) is 10.4 Å². The topological polar surface area (TPSA) is 93.4 Å². The molecule has 6 nitrogen and oxygen atoms in total. The molecule has 0 fully saturated rings. The van der Waals surface area contributed by atoms with E-state index in [1.165, 1.54) is 0 Å². The van der Waals surface area contributed by atoms with Crippen molar-refractivity contribution in [1.82, 2.24) is 5.32 Å². The monoisotopic (exact) mass is 273 g/mol. The average molecular weight is 273 g/mol. The summed E-state index contributed by atoms with van der Waals surface area (Å²) in [6.45, 7) is 0.929. The molecule has 1 amide bonds. The van der Waals surface area contributed by atoms with Crippen molar-refractivity contribution >= 4 is 17.6 Å². The number of nitrogens with zero attached hydrogens (tertiary/aromatic N) is 2. The lowest BCUT2D eigenvalue weighted by atomic mass is 9.99. The molecule has 2 N–H and O–H groups in total. The van der Waals surface area contributed by atoms with Gasteiger partial charge in [0.25, 0.3) is 0 Å². The number of carbonyl (C=O) groups excluding carboxylic acids is 1. The van der Waals surface area contributed by atoms with Crippen LogP contribution in [0.2, 0.25) is 0 Å². The molecule has 0 radical (unpaired) electrons. The van der Waals surface area contributed by atoms with Crippen LogP contribution >= 0.6 is 0 Å². The molecule has 0 atom stereocenters. The van der Waals surface area contributed by atoms with Gasteiger partial charge in [-0.15, -0.1) is 0 Å². The Balaban J connectivity index is 2.14. The molecule has 1 heterocycles. The Kier molecular flexibility index (Phi) is 4.20. The number of amides is 1. The smallest absolute Gasteiger partial charge is 0.335 e. The summed E-state index contributed by atoms with van der Waals surface area (Å²) < 4.78 is 0. The maximum absolute atomic E-state index is 11.7. The number of nitriles is 1. The molecular weight excluding hydrogens is 258 g/mol. The van der Waals surface area contributed by atoms with Gasteiger partial charge in [-0.1, -0.05) is 0 Å². The van der Waals surface area contributed by atoms with Crippen molar-refractivity contribution in [2.45, 2.75) is 12.8 Å². The lowest BCUT2D eigenvalue weighted by Gasteiger charge is -2.30.